The van der Waals surface area contributed by atoms with Gasteiger partial charge >= 0.3 is 0 Å². The maximum atomic E-state index is 3.46. The molecule has 0 spiro atoms. The lowest BCUT2D eigenvalue weighted by atomic mass is 9.94. The number of piperidine rings is 2. The first-order chi connectivity index (χ1) is 8.66. The van der Waals surface area contributed by atoms with Crippen LogP contribution in [-0.4, -0.2) is 61.7 Å². The van der Waals surface area contributed by atoms with Crippen molar-refractivity contribution in [3.8, 4) is 0 Å². The number of rotatable bonds is 4. The molecule has 0 aromatic heterocycles. The number of hydrogen-bond acceptors (Lipinski definition) is 3. The summed E-state index contributed by atoms with van der Waals surface area (Å²) in [5.41, 5.74) is 0. The van der Waals surface area contributed by atoms with Crippen molar-refractivity contribution in [1.82, 2.24) is 15.1 Å². The molecule has 2 saturated heterocycles. The zero-order valence-corrected chi connectivity index (χ0v) is 12.5. The molecule has 0 saturated carbocycles. The zero-order chi connectivity index (χ0) is 13.0. The Morgan fingerprint density at radius 1 is 1.11 bits per heavy atom. The van der Waals surface area contributed by atoms with E-state index >= 15 is 0 Å². The van der Waals surface area contributed by atoms with E-state index in [0.717, 1.165) is 18.0 Å². The third-order valence-electron chi connectivity index (χ3n) is 4.86. The summed E-state index contributed by atoms with van der Waals surface area (Å²) in [5.74, 6) is 0.930. The van der Waals surface area contributed by atoms with Crippen LogP contribution in [0.1, 0.15) is 39.5 Å². The lowest BCUT2D eigenvalue weighted by Gasteiger charge is -2.38. The molecular weight excluding hydrogens is 222 g/mol. The second-order valence-electron chi connectivity index (χ2n) is 6.49. The Kier molecular flexibility index (Phi) is 5.46. The molecule has 0 aliphatic carbocycles. The van der Waals surface area contributed by atoms with E-state index in [4.69, 9.17) is 0 Å². The minimum absolute atomic E-state index is 0.730. The van der Waals surface area contributed by atoms with Gasteiger partial charge in [0.25, 0.3) is 0 Å². The van der Waals surface area contributed by atoms with Gasteiger partial charge in [-0.05, 0) is 78.7 Å². The van der Waals surface area contributed by atoms with Crippen molar-refractivity contribution in [1.29, 1.82) is 0 Å². The summed E-state index contributed by atoms with van der Waals surface area (Å²) in [7, 11) is 2.34. The SMILES string of the molecule is CC(C)N1CCC(CN(C)C2CCNCC2)CC1. The minimum atomic E-state index is 0.730. The van der Waals surface area contributed by atoms with Crippen LogP contribution in [0.5, 0.6) is 0 Å². The highest BCUT2D eigenvalue weighted by Gasteiger charge is 2.24. The van der Waals surface area contributed by atoms with E-state index in [1.54, 1.807) is 0 Å². The fourth-order valence-corrected chi connectivity index (χ4v) is 3.46. The van der Waals surface area contributed by atoms with E-state index in [-0.39, 0.29) is 0 Å². The van der Waals surface area contributed by atoms with Crippen LogP contribution in [0.15, 0.2) is 0 Å². The summed E-state index contributed by atoms with van der Waals surface area (Å²) in [4.78, 5) is 5.26. The summed E-state index contributed by atoms with van der Waals surface area (Å²) in [6.07, 6.45) is 5.46. The van der Waals surface area contributed by atoms with Gasteiger partial charge in [0, 0.05) is 18.6 Å². The molecular formula is C15H31N3. The summed E-state index contributed by atoms with van der Waals surface area (Å²) in [6, 6.07) is 1.56. The lowest BCUT2D eigenvalue weighted by molar-refractivity contribution is 0.108. The molecule has 0 radical (unpaired) electrons. The average molecular weight is 253 g/mol. The highest BCUT2D eigenvalue weighted by atomic mass is 15.2. The largest absolute Gasteiger partial charge is 0.317 e. The molecule has 2 heterocycles. The van der Waals surface area contributed by atoms with Gasteiger partial charge in [-0.3, -0.25) is 0 Å². The van der Waals surface area contributed by atoms with Crippen molar-refractivity contribution in [2.24, 2.45) is 5.92 Å². The van der Waals surface area contributed by atoms with Gasteiger partial charge in [-0.15, -0.1) is 0 Å². The maximum absolute atomic E-state index is 3.46. The van der Waals surface area contributed by atoms with Gasteiger partial charge in [0.15, 0.2) is 0 Å². The Morgan fingerprint density at radius 2 is 1.72 bits per heavy atom. The van der Waals surface area contributed by atoms with Crippen molar-refractivity contribution in [2.75, 3.05) is 39.8 Å². The summed E-state index contributed by atoms with van der Waals surface area (Å²) < 4.78 is 0. The molecule has 0 bridgehead atoms. The smallest absolute Gasteiger partial charge is 0.0116 e. The van der Waals surface area contributed by atoms with Crippen LogP contribution in [0.3, 0.4) is 0 Å². The average Bonchev–Trinajstić information content (AvgIpc) is 2.40. The molecule has 0 unspecified atom stereocenters. The number of nitrogens with zero attached hydrogens (tertiary/aromatic N) is 2. The Morgan fingerprint density at radius 3 is 2.28 bits per heavy atom. The van der Waals surface area contributed by atoms with Gasteiger partial charge in [-0.2, -0.15) is 0 Å². The van der Waals surface area contributed by atoms with Gasteiger partial charge in [0.05, 0.1) is 0 Å². The second kappa shape index (κ2) is 6.88. The van der Waals surface area contributed by atoms with E-state index in [1.165, 1.54) is 58.4 Å². The predicted octanol–water partition coefficient (Wildman–Crippen LogP) is 1.79. The van der Waals surface area contributed by atoms with Crippen LogP contribution in [0, 0.1) is 5.92 Å². The molecule has 0 aromatic rings. The highest BCUT2D eigenvalue weighted by Crippen LogP contribution is 2.21. The van der Waals surface area contributed by atoms with Crippen molar-refractivity contribution in [3.63, 3.8) is 0 Å². The van der Waals surface area contributed by atoms with Crippen LogP contribution in [0.2, 0.25) is 0 Å². The Balaban J connectivity index is 1.70. The first-order valence-electron chi connectivity index (χ1n) is 7.82. The maximum Gasteiger partial charge on any atom is 0.0116 e. The van der Waals surface area contributed by atoms with E-state index in [2.05, 4.69) is 36.0 Å². The molecule has 2 rings (SSSR count). The minimum Gasteiger partial charge on any atom is -0.317 e. The molecule has 2 aliphatic heterocycles. The predicted molar refractivity (Wildman–Crippen MR) is 78.0 cm³/mol. The monoisotopic (exact) mass is 253 g/mol. The molecule has 1 N–H and O–H groups in total. The molecule has 106 valence electrons. The number of nitrogens with one attached hydrogen (secondary N) is 1. The lowest BCUT2D eigenvalue weighted by Crippen LogP contribution is -2.45. The molecule has 18 heavy (non-hydrogen) atoms. The van der Waals surface area contributed by atoms with Gasteiger partial charge in [-0.1, -0.05) is 0 Å². The van der Waals surface area contributed by atoms with Gasteiger partial charge in [0.1, 0.15) is 0 Å². The topological polar surface area (TPSA) is 18.5 Å². The van der Waals surface area contributed by atoms with Gasteiger partial charge in [0.2, 0.25) is 0 Å². The summed E-state index contributed by atoms with van der Waals surface area (Å²) in [6.45, 7) is 11.0. The quantitative estimate of drug-likeness (QED) is 0.824. The third-order valence-corrected chi connectivity index (χ3v) is 4.86. The highest BCUT2D eigenvalue weighted by molar-refractivity contribution is 4.80. The molecule has 0 aromatic carbocycles. The van der Waals surface area contributed by atoms with Crippen molar-refractivity contribution < 1.29 is 0 Å². The van der Waals surface area contributed by atoms with Crippen LogP contribution in [0.25, 0.3) is 0 Å². The fourth-order valence-electron chi connectivity index (χ4n) is 3.46. The van der Waals surface area contributed by atoms with Crippen molar-refractivity contribution >= 4 is 0 Å². The van der Waals surface area contributed by atoms with Crippen LogP contribution >= 0.6 is 0 Å². The first kappa shape index (κ1) is 14.3. The Bertz CT molecular complexity index is 228. The second-order valence-corrected chi connectivity index (χ2v) is 6.49. The Hall–Kier alpha value is -0.120. The molecule has 0 amide bonds. The van der Waals surface area contributed by atoms with Crippen LogP contribution in [-0.2, 0) is 0 Å². The molecule has 3 nitrogen and oxygen atoms in total. The fraction of sp³-hybridized carbons (Fsp3) is 1.00. The van der Waals surface area contributed by atoms with E-state index in [1.807, 2.05) is 0 Å². The van der Waals surface area contributed by atoms with E-state index < -0.39 is 0 Å². The van der Waals surface area contributed by atoms with Crippen molar-refractivity contribution in [3.05, 3.63) is 0 Å². The molecule has 2 fully saturated rings. The number of likely N-dealkylation sites (tertiary alicyclic amines) is 1. The molecule has 2 aliphatic rings. The standard InChI is InChI=1S/C15H31N3/c1-13(2)18-10-6-14(7-11-18)12-17(3)15-4-8-16-9-5-15/h13-16H,4-12H2,1-3H3. The normalized spacial score (nSPS) is 25.2. The zero-order valence-electron chi connectivity index (χ0n) is 12.5. The molecule has 3 heteroatoms. The Labute approximate surface area is 113 Å². The van der Waals surface area contributed by atoms with Crippen LogP contribution < -0.4 is 5.32 Å². The summed E-state index contributed by atoms with van der Waals surface area (Å²) in [5, 5.41) is 3.46. The van der Waals surface area contributed by atoms with E-state index in [0.29, 0.717) is 0 Å². The van der Waals surface area contributed by atoms with Crippen molar-refractivity contribution in [2.45, 2.75) is 51.6 Å². The van der Waals surface area contributed by atoms with Gasteiger partial charge < -0.3 is 15.1 Å². The van der Waals surface area contributed by atoms with Crippen LogP contribution in [0.4, 0.5) is 0 Å². The summed E-state index contributed by atoms with van der Waals surface area (Å²) >= 11 is 0. The van der Waals surface area contributed by atoms with E-state index in [9.17, 15) is 0 Å². The number of hydrogen-bond donors (Lipinski definition) is 1. The first-order valence-corrected chi connectivity index (χ1v) is 7.82. The third kappa shape index (κ3) is 3.94. The molecule has 0 atom stereocenters. The van der Waals surface area contributed by atoms with Gasteiger partial charge in [-0.25, -0.2) is 0 Å².